The maximum Gasteiger partial charge on any atom is 0.417 e. The number of likely N-dealkylation sites (tertiary alicyclic amines) is 1. The number of aromatic nitrogens is 3. The van der Waals surface area contributed by atoms with Crippen molar-refractivity contribution in [1.82, 2.24) is 25.0 Å². The van der Waals surface area contributed by atoms with Gasteiger partial charge in [0.05, 0.1) is 23.0 Å². The second-order valence-electron chi connectivity index (χ2n) is 7.79. The predicted octanol–water partition coefficient (Wildman–Crippen LogP) is 3.75. The normalized spacial score (nSPS) is 15.8. The van der Waals surface area contributed by atoms with Crippen molar-refractivity contribution in [2.24, 2.45) is 0 Å². The van der Waals surface area contributed by atoms with Gasteiger partial charge in [-0.3, -0.25) is 9.69 Å². The van der Waals surface area contributed by atoms with E-state index in [0.29, 0.717) is 11.3 Å². The highest BCUT2D eigenvalue weighted by atomic mass is 19.4. The van der Waals surface area contributed by atoms with Gasteiger partial charge in [0, 0.05) is 31.9 Å². The molecule has 3 heterocycles. The lowest BCUT2D eigenvalue weighted by atomic mass is 10.0. The van der Waals surface area contributed by atoms with Gasteiger partial charge in [-0.1, -0.05) is 11.6 Å². The molecule has 1 aliphatic heterocycles. The fourth-order valence-corrected chi connectivity index (χ4v) is 3.38. The molecule has 9 heteroatoms. The molecule has 1 fully saturated rings. The van der Waals surface area contributed by atoms with E-state index in [2.05, 4.69) is 40.2 Å². The Morgan fingerprint density at radius 3 is 2.50 bits per heavy atom. The fourth-order valence-electron chi connectivity index (χ4n) is 3.38. The Bertz CT molecular complexity index is 906. The van der Waals surface area contributed by atoms with Crippen LogP contribution < -0.4 is 5.32 Å². The number of allylic oxidation sites excluding steroid dienone is 1. The summed E-state index contributed by atoms with van der Waals surface area (Å²) in [5.74, 6) is 0.000501. The first-order chi connectivity index (χ1) is 14.1. The van der Waals surface area contributed by atoms with Gasteiger partial charge in [0.1, 0.15) is 0 Å². The smallest absolute Gasteiger partial charge is 0.349 e. The fraction of sp³-hybridized carbons (Fsp3) is 0.476. The summed E-state index contributed by atoms with van der Waals surface area (Å²) in [5, 5.41) is 7.19. The predicted molar refractivity (Wildman–Crippen MR) is 107 cm³/mol. The van der Waals surface area contributed by atoms with Gasteiger partial charge in [-0.15, -0.1) is 0 Å². The first-order valence-electron chi connectivity index (χ1n) is 9.90. The summed E-state index contributed by atoms with van der Waals surface area (Å²) in [7, 11) is 0. The Labute approximate surface area is 173 Å². The van der Waals surface area contributed by atoms with Gasteiger partial charge in [0.25, 0.3) is 5.91 Å². The van der Waals surface area contributed by atoms with E-state index in [1.807, 2.05) is 0 Å². The topological polar surface area (TPSA) is 63.1 Å². The Kier molecular flexibility index (Phi) is 6.60. The zero-order chi connectivity index (χ0) is 21.9. The van der Waals surface area contributed by atoms with E-state index in [1.165, 1.54) is 22.5 Å². The SMILES string of the molecule is CC(C)=CCN1CCC(NC(=O)c2cnn(-c3ccc(C(F)(F)F)cn3)c2C)CC1. The molecule has 2 aromatic rings. The Morgan fingerprint density at radius 2 is 1.93 bits per heavy atom. The summed E-state index contributed by atoms with van der Waals surface area (Å²) < 4.78 is 39.5. The summed E-state index contributed by atoms with van der Waals surface area (Å²) in [4.78, 5) is 18.9. The molecule has 1 saturated heterocycles. The number of halogens is 3. The molecule has 6 nitrogen and oxygen atoms in total. The van der Waals surface area contributed by atoms with Crippen LogP contribution in [0.15, 0.2) is 36.2 Å². The second kappa shape index (κ2) is 8.99. The molecule has 0 unspecified atom stereocenters. The summed E-state index contributed by atoms with van der Waals surface area (Å²) in [5.41, 5.74) is 1.38. The third kappa shape index (κ3) is 5.27. The highest BCUT2D eigenvalue weighted by Gasteiger charge is 2.31. The number of alkyl halides is 3. The van der Waals surface area contributed by atoms with E-state index in [1.54, 1.807) is 6.92 Å². The van der Waals surface area contributed by atoms with E-state index in [0.717, 1.165) is 44.7 Å². The van der Waals surface area contributed by atoms with Crippen LogP contribution in [-0.2, 0) is 6.18 Å². The van der Waals surface area contributed by atoms with Crippen molar-refractivity contribution in [3.05, 3.63) is 53.0 Å². The van der Waals surface area contributed by atoms with E-state index in [-0.39, 0.29) is 17.8 Å². The molecule has 0 spiro atoms. The van der Waals surface area contributed by atoms with Crippen molar-refractivity contribution in [1.29, 1.82) is 0 Å². The summed E-state index contributed by atoms with van der Waals surface area (Å²) in [6.07, 6.45) is 1.68. The highest BCUT2D eigenvalue weighted by Crippen LogP contribution is 2.28. The second-order valence-corrected chi connectivity index (χ2v) is 7.79. The molecule has 0 saturated carbocycles. The van der Waals surface area contributed by atoms with Crippen LogP contribution in [0.1, 0.15) is 48.3 Å². The van der Waals surface area contributed by atoms with Crippen molar-refractivity contribution >= 4 is 5.91 Å². The Balaban J connectivity index is 1.62. The van der Waals surface area contributed by atoms with Crippen LogP contribution in [0, 0.1) is 6.92 Å². The first-order valence-corrected chi connectivity index (χ1v) is 9.90. The molecule has 0 aliphatic carbocycles. The molecular weight excluding hydrogens is 395 g/mol. The third-order valence-corrected chi connectivity index (χ3v) is 5.23. The van der Waals surface area contributed by atoms with Crippen LogP contribution >= 0.6 is 0 Å². The number of carbonyl (C=O) groups is 1. The average Bonchev–Trinajstić information content (AvgIpc) is 3.08. The maximum absolute atomic E-state index is 12.7. The largest absolute Gasteiger partial charge is 0.417 e. The van der Waals surface area contributed by atoms with E-state index in [4.69, 9.17) is 0 Å². The summed E-state index contributed by atoms with van der Waals surface area (Å²) in [6.45, 7) is 8.62. The van der Waals surface area contributed by atoms with Gasteiger partial charge in [-0.2, -0.15) is 18.3 Å². The molecule has 1 N–H and O–H groups in total. The van der Waals surface area contributed by atoms with Gasteiger partial charge < -0.3 is 5.32 Å². The zero-order valence-corrected chi connectivity index (χ0v) is 17.3. The number of nitrogens with zero attached hydrogens (tertiary/aromatic N) is 4. The van der Waals surface area contributed by atoms with Gasteiger partial charge in [0.2, 0.25) is 0 Å². The van der Waals surface area contributed by atoms with Crippen LogP contribution in [-0.4, -0.2) is 51.2 Å². The van der Waals surface area contributed by atoms with Crippen LogP contribution in [0.4, 0.5) is 13.2 Å². The average molecular weight is 421 g/mol. The van der Waals surface area contributed by atoms with Crippen LogP contribution in [0.5, 0.6) is 0 Å². The Morgan fingerprint density at radius 1 is 1.23 bits per heavy atom. The number of hydrogen-bond donors (Lipinski definition) is 1. The first kappa shape index (κ1) is 22.0. The van der Waals surface area contributed by atoms with Gasteiger partial charge >= 0.3 is 6.18 Å². The number of pyridine rings is 1. The number of nitrogens with one attached hydrogen (secondary N) is 1. The standard InChI is InChI=1S/C21H26F3N5O/c1-14(2)6-9-28-10-7-17(8-11-28)27-20(30)18-13-26-29(15(18)3)19-5-4-16(12-25-19)21(22,23)24/h4-6,12-13,17H,7-11H2,1-3H3,(H,27,30). The van der Waals surface area contributed by atoms with E-state index in [9.17, 15) is 18.0 Å². The lowest BCUT2D eigenvalue weighted by Crippen LogP contribution is -2.44. The van der Waals surface area contributed by atoms with Crippen LogP contribution in [0.2, 0.25) is 0 Å². The minimum Gasteiger partial charge on any atom is -0.349 e. The Hall–Kier alpha value is -2.68. The van der Waals surface area contributed by atoms with Crippen molar-refractivity contribution in [3.8, 4) is 5.82 Å². The quantitative estimate of drug-likeness (QED) is 0.747. The van der Waals surface area contributed by atoms with Crippen molar-refractivity contribution in [2.75, 3.05) is 19.6 Å². The van der Waals surface area contributed by atoms with Crippen molar-refractivity contribution in [3.63, 3.8) is 0 Å². The van der Waals surface area contributed by atoms with E-state index >= 15 is 0 Å². The molecule has 0 aromatic carbocycles. The lowest BCUT2D eigenvalue weighted by Gasteiger charge is -2.31. The van der Waals surface area contributed by atoms with Gasteiger partial charge in [-0.05, 0) is 45.7 Å². The highest BCUT2D eigenvalue weighted by molar-refractivity contribution is 5.95. The number of amides is 1. The maximum atomic E-state index is 12.7. The zero-order valence-electron chi connectivity index (χ0n) is 17.3. The summed E-state index contributed by atoms with van der Waals surface area (Å²) in [6, 6.07) is 2.28. The molecule has 3 rings (SSSR count). The molecule has 30 heavy (non-hydrogen) atoms. The number of carbonyl (C=O) groups excluding carboxylic acids is 1. The lowest BCUT2D eigenvalue weighted by molar-refractivity contribution is -0.137. The molecule has 2 aromatic heterocycles. The van der Waals surface area contributed by atoms with Crippen molar-refractivity contribution < 1.29 is 18.0 Å². The van der Waals surface area contributed by atoms with E-state index < -0.39 is 11.7 Å². The van der Waals surface area contributed by atoms with Crippen LogP contribution in [0.3, 0.4) is 0 Å². The molecule has 1 aliphatic rings. The van der Waals surface area contributed by atoms with Gasteiger partial charge in [-0.25, -0.2) is 9.67 Å². The summed E-state index contributed by atoms with van der Waals surface area (Å²) >= 11 is 0. The minimum absolute atomic E-state index is 0.0902. The van der Waals surface area contributed by atoms with Crippen molar-refractivity contribution in [2.45, 2.75) is 45.8 Å². The minimum atomic E-state index is -4.45. The number of piperidine rings is 1. The molecular formula is C21H26F3N5O. The molecule has 0 radical (unpaired) electrons. The van der Waals surface area contributed by atoms with Gasteiger partial charge in [0.15, 0.2) is 5.82 Å². The third-order valence-electron chi connectivity index (χ3n) is 5.23. The number of hydrogen-bond acceptors (Lipinski definition) is 4. The monoisotopic (exact) mass is 421 g/mol. The molecule has 162 valence electrons. The van der Waals surface area contributed by atoms with Crippen LogP contribution in [0.25, 0.3) is 5.82 Å². The molecule has 0 atom stereocenters. The molecule has 1 amide bonds. The molecule has 0 bridgehead atoms. The number of rotatable bonds is 5.